The maximum atomic E-state index is 5.65. The Kier molecular flexibility index (Phi) is 7.02. The normalized spacial score (nSPS) is 12.1. The number of pyridine rings is 1. The van der Waals surface area contributed by atoms with Gasteiger partial charge in [0.1, 0.15) is 5.75 Å². The number of aryl methyl sites for hydroxylation is 3. The number of H-pyrrole nitrogens is 1. The molecule has 1 aromatic carbocycles. The Morgan fingerprint density at radius 3 is 2.62 bits per heavy atom. The Labute approximate surface area is 193 Å². The molecule has 3 aromatic heterocycles. The van der Waals surface area contributed by atoms with Crippen molar-refractivity contribution in [2.24, 2.45) is 0 Å². The van der Waals surface area contributed by atoms with Gasteiger partial charge in [-0.05, 0) is 78.4 Å². The van der Waals surface area contributed by atoms with Gasteiger partial charge in [-0.3, -0.25) is 10.1 Å². The monoisotopic (exact) mass is 446 g/mol. The number of hydrogen-bond donors (Lipinski definition) is 2. The summed E-state index contributed by atoms with van der Waals surface area (Å²) in [5.41, 5.74) is 9.34. The van der Waals surface area contributed by atoms with E-state index < -0.39 is 0 Å². The highest BCUT2D eigenvalue weighted by molar-refractivity contribution is 7.07. The molecule has 0 saturated heterocycles. The van der Waals surface area contributed by atoms with Crippen molar-refractivity contribution in [1.29, 1.82) is 0 Å². The molecule has 1 unspecified atom stereocenters. The number of aromatic amines is 1. The maximum absolute atomic E-state index is 5.65. The van der Waals surface area contributed by atoms with Crippen molar-refractivity contribution in [2.45, 2.75) is 46.2 Å². The number of hydrogen-bond acceptors (Lipinski definition) is 5. The van der Waals surface area contributed by atoms with Crippen molar-refractivity contribution in [3.63, 3.8) is 0 Å². The fourth-order valence-corrected chi connectivity index (χ4v) is 4.64. The second-order valence-electron chi connectivity index (χ2n) is 8.27. The van der Waals surface area contributed by atoms with Crippen LogP contribution in [0.2, 0.25) is 0 Å². The minimum atomic E-state index is 0.147. The smallest absolute Gasteiger partial charge is 0.122 e. The van der Waals surface area contributed by atoms with Gasteiger partial charge in [0.25, 0.3) is 0 Å². The Balaban J connectivity index is 1.54. The molecule has 0 saturated carbocycles. The second kappa shape index (κ2) is 10.1. The fourth-order valence-electron chi connectivity index (χ4n) is 3.96. The van der Waals surface area contributed by atoms with Gasteiger partial charge in [0.15, 0.2) is 0 Å². The third-order valence-corrected chi connectivity index (χ3v) is 6.59. The molecule has 4 rings (SSSR count). The van der Waals surface area contributed by atoms with Crippen LogP contribution >= 0.6 is 11.3 Å². The number of nitrogens with zero attached hydrogens (tertiary/aromatic N) is 2. The Morgan fingerprint density at radius 2 is 1.97 bits per heavy atom. The number of methoxy groups -OCH3 is 1. The molecule has 0 radical (unpaired) electrons. The van der Waals surface area contributed by atoms with E-state index in [-0.39, 0.29) is 6.04 Å². The topological polar surface area (TPSA) is 62.8 Å². The van der Waals surface area contributed by atoms with E-state index in [0.29, 0.717) is 0 Å². The van der Waals surface area contributed by atoms with Crippen LogP contribution in [-0.2, 0) is 19.4 Å². The lowest BCUT2D eigenvalue weighted by Crippen LogP contribution is -2.24. The largest absolute Gasteiger partial charge is 0.496 e. The lowest BCUT2D eigenvalue weighted by molar-refractivity contribution is 0.410. The van der Waals surface area contributed by atoms with Gasteiger partial charge in [0, 0.05) is 30.4 Å². The number of aromatic nitrogens is 3. The predicted molar refractivity (Wildman–Crippen MR) is 130 cm³/mol. The first kappa shape index (κ1) is 22.2. The number of nitrogens with one attached hydrogen (secondary N) is 2. The lowest BCUT2D eigenvalue weighted by Gasteiger charge is -2.19. The molecule has 0 aliphatic carbocycles. The van der Waals surface area contributed by atoms with Gasteiger partial charge in [0.05, 0.1) is 24.5 Å². The van der Waals surface area contributed by atoms with Crippen LogP contribution < -0.4 is 10.1 Å². The summed E-state index contributed by atoms with van der Waals surface area (Å²) in [5, 5.41) is 15.5. The number of thiophene rings is 1. The average Bonchev–Trinajstić information content (AvgIpc) is 3.42. The van der Waals surface area contributed by atoms with E-state index in [9.17, 15) is 0 Å². The summed E-state index contributed by atoms with van der Waals surface area (Å²) in [4.78, 5) is 4.70. The van der Waals surface area contributed by atoms with Crippen molar-refractivity contribution in [1.82, 2.24) is 20.5 Å². The summed E-state index contributed by atoms with van der Waals surface area (Å²) in [5.74, 6) is 0.906. The third kappa shape index (κ3) is 5.26. The van der Waals surface area contributed by atoms with Gasteiger partial charge < -0.3 is 10.1 Å². The molecule has 32 heavy (non-hydrogen) atoms. The molecular weight excluding hydrogens is 416 g/mol. The molecule has 0 bridgehead atoms. The Morgan fingerprint density at radius 1 is 1.09 bits per heavy atom. The minimum Gasteiger partial charge on any atom is -0.496 e. The molecule has 3 heterocycles. The number of rotatable bonds is 9. The summed E-state index contributed by atoms with van der Waals surface area (Å²) >= 11 is 1.73. The van der Waals surface area contributed by atoms with Gasteiger partial charge in [-0.15, -0.1) is 0 Å². The minimum absolute atomic E-state index is 0.147. The van der Waals surface area contributed by atoms with Gasteiger partial charge >= 0.3 is 0 Å². The van der Waals surface area contributed by atoms with Crippen molar-refractivity contribution in [3.05, 3.63) is 98.3 Å². The predicted octanol–water partition coefficient (Wildman–Crippen LogP) is 5.46. The van der Waals surface area contributed by atoms with E-state index in [0.717, 1.165) is 42.2 Å². The highest BCUT2D eigenvalue weighted by Crippen LogP contribution is 2.26. The molecule has 0 aliphatic rings. The quantitative estimate of drug-likeness (QED) is 0.358. The van der Waals surface area contributed by atoms with E-state index in [2.05, 4.69) is 76.5 Å². The lowest BCUT2D eigenvalue weighted by atomic mass is 9.99. The second-order valence-corrected chi connectivity index (χ2v) is 9.05. The summed E-state index contributed by atoms with van der Waals surface area (Å²) in [6.45, 7) is 6.93. The van der Waals surface area contributed by atoms with Gasteiger partial charge in [-0.25, -0.2) is 0 Å². The molecule has 0 fully saturated rings. The zero-order valence-corrected chi connectivity index (χ0v) is 19.9. The van der Waals surface area contributed by atoms with Crippen LogP contribution in [0, 0.1) is 20.8 Å². The third-order valence-electron chi connectivity index (χ3n) is 5.86. The fraction of sp³-hybridized carbons (Fsp3) is 0.308. The molecule has 6 heteroatoms. The van der Waals surface area contributed by atoms with Gasteiger partial charge in [0.2, 0.25) is 0 Å². The first-order valence-corrected chi connectivity index (χ1v) is 11.8. The molecule has 5 nitrogen and oxygen atoms in total. The van der Waals surface area contributed by atoms with Gasteiger partial charge in [-0.2, -0.15) is 16.4 Å². The maximum Gasteiger partial charge on any atom is 0.122 e. The zero-order chi connectivity index (χ0) is 22.5. The first-order valence-electron chi connectivity index (χ1n) is 10.9. The number of benzene rings is 1. The summed E-state index contributed by atoms with van der Waals surface area (Å²) in [6.07, 6.45) is 3.65. The molecule has 166 valence electrons. The highest BCUT2D eigenvalue weighted by Gasteiger charge is 2.15. The highest BCUT2D eigenvalue weighted by atomic mass is 32.1. The van der Waals surface area contributed by atoms with Crippen LogP contribution in [0.1, 0.15) is 50.9 Å². The molecule has 4 aromatic rings. The van der Waals surface area contributed by atoms with Crippen molar-refractivity contribution < 1.29 is 4.74 Å². The standard InChI is InChI=1S/C26H30N4OS/c1-17-5-7-24(27-14-17)25(12-21-9-10-32-16-21)28-15-20-6-8-26(31-4)22(11-20)13-23-18(2)29-30-19(23)3/h5-11,14,16,25,28H,12-13,15H2,1-4H3,(H,29,30). The molecule has 1 atom stereocenters. The Bertz CT molecular complexity index is 1130. The van der Waals surface area contributed by atoms with Crippen molar-refractivity contribution in [2.75, 3.05) is 7.11 Å². The molecule has 0 amide bonds. The number of ether oxygens (including phenoxy) is 1. The zero-order valence-electron chi connectivity index (χ0n) is 19.1. The van der Waals surface area contributed by atoms with Crippen LogP contribution in [0.4, 0.5) is 0 Å². The summed E-state index contributed by atoms with van der Waals surface area (Å²) in [7, 11) is 1.73. The van der Waals surface area contributed by atoms with Crippen LogP contribution in [0.3, 0.4) is 0 Å². The van der Waals surface area contributed by atoms with Crippen LogP contribution in [-0.4, -0.2) is 22.3 Å². The van der Waals surface area contributed by atoms with Crippen molar-refractivity contribution in [3.8, 4) is 5.75 Å². The van der Waals surface area contributed by atoms with E-state index in [1.807, 2.05) is 13.1 Å². The van der Waals surface area contributed by atoms with Gasteiger partial charge in [-0.1, -0.05) is 18.2 Å². The molecule has 2 N–H and O–H groups in total. The Hall–Kier alpha value is -2.96. The van der Waals surface area contributed by atoms with E-state index in [1.165, 1.54) is 27.8 Å². The van der Waals surface area contributed by atoms with E-state index in [1.54, 1.807) is 18.4 Å². The molecule has 0 spiro atoms. The van der Waals surface area contributed by atoms with Crippen LogP contribution in [0.5, 0.6) is 5.75 Å². The van der Waals surface area contributed by atoms with E-state index in [4.69, 9.17) is 9.72 Å². The average molecular weight is 447 g/mol. The first-order chi connectivity index (χ1) is 15.5. The molecular formula is C26H30N4OS. The van der Waals surface area contributed by atoms with Crippen molar-refractivity contribution >= 4 is 11.3 Å². The van der Waals surface area contributed by atoms with Crippen LogP contribution in [0.15, 0.2) is 53.4 Å². The summed E-state index contributed by atoms with van der Waals surface area (Å²) < 4.78 is 5.65. The van der Waals surface area contributed by atoms with Crippen LogP contribution in [0.25, 0.3) is 0 Å². The SMILES string of the molecule is COc1ccc(CNC(Cc2ccsc2)c2ccc(C)cn2)cc1Cc1c(C)n[nH]c1C. The molecule has 0 aliphatic heterocycles. The van der Waals surface area contributed by atoms with E-state index >= 15 is 0 Å². The summed E-state index contributed by atoms with van der Waals surface area (Å²) in [6, 6.07) is 13.0.